The molecule has 1 nitrogen and oxygen atoms in total. The average molecular weight is 360 g/mol. The Hall–Kier alpha value is -0.900. The Morgan fingerprint density at radius 2 is 1.08 bits per heavy atom. The van der Waals surface area contributed by atoms with Crippen LogP contribution in [0, 0.1) is 0 Å². The largest absolute Gasteiger partial charge is 0.233 e. The molecular formula is C23H38NP. The molecule has 0 aromatic heterocycles. The van der Waals surface area contributed by atoms with Gasteiger partial charge in [-0.1, -0.05) is 74.4 Å². The maximum Gasteiger partial charge on any atom is 0.0622 e. The number of hydrogen-bond acceptors (Lipinski definition) is 1. The van der Waals surface area contributed by atoms with Crippen LogP contribution in [-0.2, 0) is 16.2 Å². The van der Waals surface area contributed by atoms with Gasteiger partial charge in [0.2, 0.25) is 0 Å². The third-order valence-electron chi connectivity index (χ3n) is 4.14. The molecule has 0 heterocycles. The zero-order chi connectivity index (χ0) is 19.8. The Morgan fingerprint density at radius 1 is 0.680 bits per heavy atom. The Labute approximate surface area is 158 Å². The summed E-state index contributed by atoms with van der Waals surface area (Å²) in [6.45, 7) is 27.1. The zero-order valence-electron chi connectivity index (χ0n) is 18.5. The summed E-state index contributed by atoms with van der Waals surface area (Å²) in [7, 11) is 1.07. The number of nitrogens with zero attached hydrogens (tertiary/aromatic N) is 1. The first-order valence-electron chi connectivity index (χ1n) is 9.30. The summed E-state index contributed by atoms with van der Waals surface area (Å²) >= 11 is 0. The van der Waals surface area contributed by atoms with Crippen LogP contribution in [0.2, 0.25) is 0 Å². The van der Waals surface area contributed by atoms with Crippen molar-refractivity contribution in [3.8, 4) is 0 Å². The van der Waals surface area contributed by atoms with Gasteiger partial charge < -0.3 is 0 Å². The van der Waals surface area contributed by atoms with Crippen LogP contribution in [0.1, 0.15) is 99.8 Å². The van der Waals surface area contributed by atoms with Crippen molar-refractivity contribution in [2.45, 2.75) is 105 Å². The Bertz CT molecular complexity index is 642. The van der Waals surface area contributed by atoms with Gasteiger partial charge >= 0.3 is 0 Å². The summed E-state index contributed by atoms with van der Waals surface area (Å²) in [5.74, 6) is 0. The Kier molecular flexibility index (Phi) is 6.21. The van der Waals surface area contributed by atoms with E-state index in [1.165, 1.54) is 22.0 Å². The van der Waals surface area contributed by atoms with Gasteiger partial charge in [-0.25, -0.2) is 4.99 Å². The van der Waals surface area contributed by atoms with E-state index in [0.29, 0.717) is 0 Å². The Morgan fingerprint density at radius 3 is 1.36 bits per heavy atom. The number of benzene rings is 1. The lowest BCUT2D eigenvalue weighted by atomic mass is 9.75. The SMILES string of the molecule is CC(C)(C)N=C=Pc1c(C(C)(C)C)cc(C(C)(C)C)cc1C(C)(C)C. The van der Waals surface area contributed by atoms with Gasteiger partial charge in [-0.3, -0.25) is 0 Å². The highest BCUT2D eigenvalue weighted by atomic mass is 31.1. The summed E-state index contributed by atoms with van der Waals surface area (Å²) in [6.07, 6.45) is 0. The molecule has 0 bridgehead atoms. The topological polar surface area (TPSA) is 12.4 Å². The smallest absolute Gasteiger partial charge is 0.0622 e. The molecule has 0 saturated carbocycles. The fourth-order valence-electron chi connectivity index (χ4n) is 2.56. The van der Waals surface area contributed by atoms with Gasteiger partial charge in [0, 0.05) is 19.1 Å². The van der Waals surface area contributed by atoms with Crippen molar-refractivity contribution in [2.24, 2.45) is 4.99 Å². The molecule has 0 radical (unpaired) electrons. The summed E-state index contributed by atoms with van der Waals surface area (Å²) < 4.78 is 0. The first-order chi connectivity index (χ1) is 10.9. The molecule has 1 aromatic rings. The van der Waals surface area contributed by atoms with Crippen LogP contribution in [0.25, 0.3) is 0 Å². The van der Waals surface area contributed by atoms with E-state index in [1.54, 1.807) is 0 Å². The predicted molar refractivity (Wildman–Crippen MR) is 116 cm³/mol. The molecule has 1 rings (SSSR count). The molecule has 0 saturated heterocycles. The average Bonchev–Trinajstić information content (AvgIpc) is 2.33. The lowest BCUT2D eigenvalue weighted by Crippen LogP contribution is -2.29. The zero-order valence-corrected chi connectivity index (χ0v) is 19.4. The lowest BCUT2D eigenvalue weighted by Gasteiger charge is -2.32. The second kappa shape index (κ2) is 7.02. The van der Waals surface area contributed by atoms with Gasteiger partial charge in [0.25, 0.3) is 0 Å². The predicted octanol–water partition coefficient (Wildman–Crippen LogP) is 6.85. The highest BCUT2D eigenvalue weighted by Gasteiger charge is 2.28. The molecule has 25 heavy (non-hydrogen) atoms. The van der Waals surface area contributed by atoms with E-state index >= 15 is 0 Å². The van der Waals surface area contributed by atoms with Gasteiger partial charge in [0.15, 0.2) is 0 Å². The van der Waals surface area contributed by atoms with E-state index in [-0.39, 0.29) is 21.8 Å². The van der Waals surface area contributed by atoms with Gasteiger partial charge in [-0.2, -0.15) is 0 Å². The molecule has 1 aromatic carbocycles. The molecule has 0 fully saturated rings. The van der Waals surface area contributed by atoms with Crippen LogP contribution in [-0.4, -0.2) is 11.1 Å². The molecule has 0 aliphatic heterocycles. The third kappa shape index (κ3) is 6.40. The molecule has 140 valence electrons. The van der Waals surface area contributed by atoms with E-state index in [9.17, 15) is 0 Å². The van der Waals surface area contributed by atoms with E-state index in [2.05, 4.69) is 106 Å². The van der Waals surface area contributed by atoms with Crippen molar-refractivity contribution in [1.82, 2.24) is 0 Å². The molecule has 0 aliphatic carbocycles. The monoisotopic (exact) mass is 359 g/mol. The van der Waals surface area contributed by atoms with E-state index < -0.39 is 0 Å². The molecule has 0 unspecified atom stereocenters. The van der Waals surface area contributed by atoms with Crippen LogP contribution >= 0.6 is 8.20 Å². The van der Waals surface area contributed by atoms with Crippen molar-refractivity contribution < 1.29 is 0 Å². The molecule has 2 heteroatoms. The van der Waals surface area contributed by atoms with Crippen molar-refractivity contribution in [3.63, 3.8) is 0 Å². The minimum Gasteiger partial charge on any atom is -0.233 e. The fourth-order valence-corrected chi connectivity index (χ4v) is 4.05. The van der Waals surface area contributed by atoms with E-state index in [0.717, 1.165) is 8.20 Å². The van der Waals surface area contributed by atoms with Crippen LogP contribution in [0.4, 0.5) is 0 Å². The van der Waals surface area contributed by atoms with E-state index in [1.807, 2.05) is 0 Å². The van der Waals surface area contributed by atoms with Crippen molar-refractivity contribution in [3.05, 3.63) is 28.8 Å². The van der Waals surface area contributed by atoms with Gasteiger partial charge in [-0.05, 0) is 53.7 Å². The molecule has 0 amide bonds. The summed E-state index contributed by atoms with van der Waals surface area (Å²) in [4.78, 5) is 4.61. The molecule has 0 atom stereocenters. The first-order valence-corrected chi connectivity index (χ1v) is 10.2. The highest BCUT2D eigenvalue weighted by molar-refractivity contribution is 7.46. The normalized spacial score (nSPS) is 13.8. The highest BCUT2D eigenvalue weighted by Crippen LogP contribution is 2.35. The van der Waals surface area contributed by atoms with E-state index in [4.69, 9.17) is 0 Å². The first kappa shape index (κ1) is 22.1. The van der Waals surface area contributed by atoms with Crippen LogP contribution < -0.4 is 5.30 Å². The van der Waals surface area contributed by atoms with Crippen molar-refractivity contribution >= 4 is 19.1 Å². The van der Waals surface area contributed by atoms with Gasteiger partial charge in [0.05, 0.1) is 5.54 Å². The number of hydrogen-bond donors (Lipinski definition) is 0. The maximum atomic E-state index is 4.61. The summed E-state index contributed by atoms with van der Waals surface area (Å²) in [5.41, 5.74) is 7.81. The summed E-state index contributed by atoms with van der Waals surface area (Å²) in [6, 6.07) is 4.83. The second-order valence-electron chi connectivity index (χ2n) is 11.2. The molecule has 0 N–H and O–H groups in total. The molecule has 0 aliphatic rings. The van der Waals surface area contributed by atoms with Gasteiger partial charge in [-0.15, -0.1) is 0 Å². The minimum atomic E-state index is -0.0812. The quantitative estimate of drug-likeness (QED) is 0.384. The Balaban J connectivity index is 3.86. The van der Waals surface area contributed by atoms with Crippen molar-refractivity contribution in [1.29, 1.82) is 0 Å². The summed E-state index contributed by atoms with van der Waals surface area (Å²) in [5, 5.41) is 1.38. The van der Waals surface area contributed by atoms with Crippen LogP contribution in [0.5, 0.6) is 0 Å². The lowest BCUT2D eigenvalue weighted by molar-refractivity contribution is 0.554. The number of aliphatic imine (C=N–C) groups is 1. The van der Waals surface area contributed by atoms with Crippen LogP contribution in [0.15, 0.2) is 17.1 Å². The third-order valence-corrected chi connectivity index (χ3v) is 5.04. The van der Waals surface area contributed by atoms with Crippen molar-refractivity contribution in [2.75, 3.05) is 0 Å². The van der Waals surface area contributed by atoms with Gasteiger partial charge in [0.1, 0.15) is 0 Å². The van der Waals surface area contributed by atoms with Crippen LogP contribution in [0.3, 0.4) is 0 Å². The fraction of sp³-hybridized carbons (Fsp3) is 0.696. The minimum absolute atomic E-state index is 0.0812. The molecule has 0 spiro atoms. The standard InChI is InChI=1S/C23H38NP/c1-20(2,3)16-13-17(21(4,5)6)19(18(14-16)22(7,8)9)25-15-24-23(10,11)12/h13-14H,1-12H3. The maximum absolute atomic E-state index is 4.61. The second-order valence-corrected chi connectivity index (χ2v) is 12.0. The number of rotatable bonds is 1. The molecular weight excluding hydrogens is 321 g/mol.